The first-order chi connectivity index (χ1) is 19.4. The van der Waals surface area contributed by atoms with E-state index in [1.807, 2.05) is 0 Å². The molecule has 1 heterocycles. The number of aromatic nitrogens is 2. The minimum absolute atomic E-state index is 0.0157. The Bertz CT molecular complexity index is 1710. The van der Waals surface area contributed by atoms with Gasteiger partial charge < -0.3 is 14.8 Å². The quantitative estimate of drug-likeness (QED) is 0.181. The number of sulfone groups is 1. The van der Waals surface area contributed by atoms with Crippen molar-refractivity contribution in [3.8, 4) is 16.9 Å². The van der Waals surface area contributed by atoms with E-state index in [9.17, 15) is 26.7 Å². The Morgan fingerprint density at radius 2 is 1.80 bits per heavy atom. The molecule has 1 aromatic heterocycles. The molecule has 1 atom stereocenters. The number of para-hydroxylation sites is 1. The van der Waals surface area contributed by atoms with Gasteiger partial charge in [0, 0.05) is 16.1 Å². The van der Waals surface area contributed by atoms with E-state index in [1.54, 1.807) is 0 Å². The van der Waals surface area contributed by atoms with Crippen LogP contribution in [0.3, 0.4) is 0 Å². The maximum Gasteiger partial charge on any atom is 0.573 e. The summed E-state index contributed by atoms with van der Waals surface area (Å²) in [7, 11) is -3.52. The van der Waals surface area contributed by atoms with Gasteiger partial charge in [0.2, 0.25) is 0 Å². The Balaban J connectivity index is 1.48. The molecule has 4 aromatic rings. The number of H-pyrrole nitrogens is 1. The third-order valence-corrected chi connectivity index (χ3v) is 9.80. The molecule has 1 aliphatic carbocycles. The van der Waals surface area contributed by atoms with Gasteiger partial charge in [0.1, 0.15) is 17.1 Å². The van der Waals surface area contributed by atoms with Crippen LogP contribution in [0.2, 0.25) is 15.1 Å². The van der Waals surface area contributed by atoms with Crippen LogP contribution < -0.4 is 4.74 Å². The minimum atomic E-state index is -4.93. The van der Waals surface area contributed by atoms with E-state index in [4.69, 9.17) is 34.8 Å². The highest BCUT2D eigenvalue weighted by molar-refractivity contribution is 7.91. The van der Waals surface area contributed by atoms with E-state index in [-0.39, 0.29) is 48.2 Å². The maximum absolute atomic E-state index is 13.0. The Kier molecular flexibility index (Phi) is 8.51. The average molecular weight is 648 g/mol. The van der Waals surface area contributed by atoms with Crippen LogP contribution in [-0.2, 0) is 9.84 Å². The van der Waals surface area contributed by atoms with Crippen molar-refractivity contribution < 1.29 is 31.4 Å². The predicted octanol–water partition coefficient (Wildman–Crippen LogP) is 8.18. The van der Waals surface area contributed by atoms with E-state index in [2.05, 4.69) is 14.7 Å². The average Bonchev–Trinajstić information content (AvgIpc) is 3.62. The second-order valence-electron chi connectivity index (χ2n) is 9.93. The molecule has 218 valence electrons. The zero-order valence-corrected chi connectivity index (χ0v) is 24.4. The van der Waals surface area contributed by atoms with Gasteiger partial charge in [-0.3, -0.25) is 0 Å². The SMILES string of the molecule is O=S(=O)(CCCC1CC1)c1ccc(C(CO)c2nc3c(Cl)c(-c4ccccc4OC(F)(F)F)c(Cl)cc3[nH]2)c(Cl)c1. The fraction of sp³-hybridized carbons (Fsp3) is 0.321. The number of alkyl halides is 3. The van der Waals surface area contributed by atoms with E-state index < -0.39 is 34.5 Å². The molecule has 13 heteroatoms. The van der Waals surface area contributed by atoms with Gasteiger partial charge in [-0.1, -0.05) is 71.9 Å². The first-order valence-electron chi connectivity index (χ1n) is 12.7. The molecule has 0 saturated heterocycles. The van der Waals surface area contributed by atoms with Gasteiger partial charge in [0.15, 0.2) is 9.84 Å². The summed E-state index contributed by atoms with van der Waals surface area (Å²) in [5, 5.41) is 10.4. The van der Waals surface area contributed by atoms with Crippen molar-refractivity contribution in [1.82, 2.24) is 9.97 Å². The third-order valence-electron chi connectivity index (χ3n) is 7.01. The summed E-state index contributed by atoms with van der Waals surface area (Å²) in [4.78, 5) is 7.67. The van der Waals surface area contributed by atoms with Gasteiger partial charge in [-0.15, -0.1) is 13.2 Å². The molecular weight excluding hydrogens is 624 g/mol. The van der Waals surface area contributed by atoms with Crippen LogP contribution in [0.4, 0.5) is 13.2 Å². The Labute approximate surface area is 249 Å². The molecule has 1 unspecified atom stereocenters. The zero-order chi connectivity index (χ0) is 29.5. The number of hydrogen-bond donors (Lipinski definition) is 2. The van der Waals surface area contributed by atoms with Crippen molar-refractivity contribution in [3.63, 3.8) is 0 Å². The lowest BCUT2D eigenvalue weighted by Crippen LogP contribution is -2.17. The first kappa shape index (κ1) is 30.0. The van der Waals surface area contributed by atoms with Gasteiger partial charge >= 0.3 is 6.36 Å². The van der Waals surface area contributed by atoms with Crippen molar-refractivity contribution >= 4 is 55.7 Å². The van der Waals surface area contributed by atoms with Gasteiger partial charge in [-0.25, -0.2) is 13.4 Å². The molecule has 0 aliphatic heterocycles. The minimum Gasteiger partial charge on any atom is -0.405 e. The number of hydrogen-bond acceptors (Lipinski definition) is 5. The number of halogens is 6. The van der Waals surface area contributed by atoms with Gasteiger partial charge in [0.25, 0.3) is 0 Å². The Morgan fingerprint density at radius 1 is 1.07 bits per heavy atom. The van der Waals surface area contributed by atoms with Crippen molar-refractivity contribution in [2.24, 2.45) is 5.92 Å². The highest BCUT2D eigenvalue weighted by atomic mass is 35.5. The van der Waals surface area contributed by atoms with E-state index >= 15 is 0 Å². The Morgan fingerprint density at radius 3 is 2.46 bits per heavy atom. The monoisotopic (exact) mass is 646 g/mol. The smallest absolute Gasteiger partial charge is 0.405 e. The van der Waals surface area contributed by atoms with Crippen LogP contribution in [0.15, 0.2) is 53.4 Å². The lowest BCUT2D eigenvalue weighted by molar-refractivity contribution is -0.274. The second-order valence-corrected chi connectivity index (χ2v) is 13.2. The molecule has 5 rings (SSSR count). The topological polar surface area (TPSA) is 92.3 Å². The fourth-order valence-corrected chi connectivity index (χ4v) is 7.23. The summed E-state index contributed by atoms with van der Waals surface area (Å²) in [5.41, 5.74) is 1.11. The van der Waals surface area contributed by atoms with Crippen molar-refractivity contribution in [3.05, 3.63) is 75.0 Å². The molecule has 0 bridgehead atoms. The van der Waals surface area contributed by atoms with Crippen LogP contribution in [-0.4, -0.2) is 42.2 Å². The zero-order valence-electron chi connectivity index (χ0n) is 21.3. The molecule has 0 spiro atoms. The number of benzene rings is 3. The number of nitrogens with one attached hydrogen (secondary N) is 1. The number of fused-ring (bicyclic) bond motifs is 1. The number of aromatic amines is 1. The number of ether oxygens (including phenoxy) is 1. The van der Waals surface area contributed by atoms with Crippen molar-refractivity contribution in [2.45, 2.75) is 42.9 Å². The van der Waals surface area contributed by atoms with Gasteiger partial charge in [-0.2, -0.15) is 0 Å². The number of rotatable bonds is 10. The molecule has 0 amide bonds. The number of nitrogens with zero attached hydrogens (tertiary/aromatic N) is 1. The summed E-state index contributed by atoms with van der Waals surface area (Å²) < 4.78 is 68.9. The highest BCUT2D eigenvalue weighted by Gasteiger charge is 2.33. The van der Waals surface area contributed by atoms with Crippen LogP contribution in [0, 0.1) is 5.92 Å². The van der Waals surface area contributed by atoms with Crippen LogP contribution in [0.1, 0.15) is 43.0 Å². The second kappa shape index (κ2) is 11.6. The normalized spacial score (nSPS) is 14.9. The van der Waals surface area contributed by atoms with E-state index in [1.165, 1.54) is 42.5 Å². The van der Waals surface area contributed by atoms with Gasteiger partial charge in [0.05, 0.1) is 38.7 Å². The third kappa shape index (κ3) is 6.62. The van der Waals surface area contributed by atoms with Crippen LogP contribution in [0.5, 0.6) is 5.75 Å². The van der Waals surface area contributed by atoms with E-state index in [0.29, 0.717) is 23.4 Å². The standard InChI is InChI=1S/C28H24Cl3F3N2O4S/c29-20-12-16(41(38,39)11-3-4-15-7-8-15)9-10-17(20)19(14-37)27-35-22-13-21(30)24(25(31)26(22)36-27)18-5-1-2-6-23(18)40-28(32,33)34/h1-2,5-6,9-10,12-13,15,19,37H,3-4,7-8,11,14H2,(H,35,36). The lowest BCUT2D eigenvalue weighted by Gasteiger charge is -2.15. The summed E-state index contributed by atoms with van der Waals surface area (Å²) in [6, 6.07) is 11.3. The predicted molar refractivity (Wildman–Crippen MR) is 153 cm³/mol. The van der Waals surface area contributed by atoms with Crippen molar-refractivity contribution in [1.29, 1.82) is 0 Å². The van der Waals surface area contributed by atoms with Gasteiger partial charge in [-0.05, 0) is 48.6 Å². The van der Waals surface area contributed by atoms with Crippen molar-refractivity contribution in [2.75, 3.05) is 12.4 Å². The summed E-state index contributed by atoms with van der Waals surface area (Å²) >= 11 is 19.6. The summed E-state index contributed by atoms with van der Waals surface area (Å²) in [6.07, 6.45) is -1.15. The molecule has 1 fully saturated rings. The Hall–Kier alpha value is -2.50. The molecule has 3 aromatic carbocycles. The van der Waals surface area contributed by atoms with Crippen LogP contribution in [0.25, 0.3) is 22.2 Å². The molecule has 1 aliphatic rings. The van der Waals surface area contributed by atoms with E-state index in [0.717, 1.165) is 25.3 Å². The molecule has 6 nitrogen and oxygen atoms in total. The van der Waals surface area contributed by atoms with Crippen LogP contribution >= 0.6 is 34.8 Å². The molecule has 1 saturated carbocycles. The first-order valence-corrected chi connectivity index (χ1v) is 15.5. The molecular formula is C28H24Cl3F3N2O4S. The number of aliphatic hydroxyl groups is 1. The highest BCUT2D eigenvalue weighted by Crippen LogP contribution is 2.45. The summed E-state index contributed by atoms with van der Waals surface area (Å²) in [6.45, 7) is -0.437. The fourth-order valence-electron chi connectivity index (χ4n) is 4.80. The molecule has 0 radical (unpaired) electrons. The lowest BCUT2D eigenvalue weighted by atomic mass is 9.99. The number of aliphatic hydroxyl groups excluding tert-OH is 1. The largest absolute Gasteiger partial charge is 0.573 e. The summed E-state index contributed by atoms with van der Waals surface area (Å²) in [5.74, 6) is -0.362. The molecule has 2 N–H and O–H groups in total. The number of imidazole rings is 1. The maximum atomic E-state index is 13.0. The molecule has 41 heavy (non-hydrogen) atoms.